The lowest BCUT2D eigenvalue weighted by molar-refractivity contribution is 0.554. The van der Waals surface area contributed by atoms with Gasteiger partial charge < -0.3 is 4.57 Å². The van der Waals surface area contributed by atoms with Crippen LogP contribution in [0.3, 0.4) is 0 Å². The molecule has 0 fully saturated rings. The first kappa shape index (κ1) is 17.8. The van der Waals surface area contributed by atoms with E-state index in [1.807, 2.05) is 12.1 Å². The molecule has 1 N–H and O–H groups in total. The molecule has 4 aromatic rings. The molecule has 0 saturated heterocycles. The lowest BCUT2D eigenvalue weighted by Gasteiger charge is -2.19. The second-order valence-corrected chi connectivity index (χ2v) is 7.76. The van der Waals surface area contributed by atoms with Gasteiger partial charge in [-0.25, -0.2) is 4.98 Å². The number of fused-ring (bicyclic) bond motifs is 1. The number of nitrogens with zero attached hydrogens (tertiary/aromatic N) is 5. The first-order chi connectivity index (χ1) is 14.2. The summed E-state index contributed by atoms with van der Waals surface area (Å²) in [5, 5.41) is 14.6. The van der Waals surface area contributed by atoms with Crippen LogP contribution < -0.4 is 0 Å². The van der Waals surface area contributed by atoms with Gasteiger partial charge in [-0.1, -0.05) is 43.3 Å². The second-order valence-electron chi connectivity index (χ2n) is 7.76. The van der Waals surface area contributed by atoms with Crippen LogP contribution in [0, 0.1) is 13.8 Å². The normalized spacial score (nSPS) is 15.6. The Morgan fingerprint density at radius 1 is 1.14 bits per heavy atom. The number of aromatic amines is 1. The summed E-state index contributed by atoms with van der Waals surface area (Å²) in [6.45, 7) is 6.49. The molecule has 2 aromatic heterocycles. The van der Waals surface area contributed by atoms with Crippen LogP contribution >= 0.6 is 0 Å². The van der Waals surface area contributed by atoms with Crippen molar-refractivity contribution in [3.63, 3.8) is 0 Å². The fourth-order valence-electron chi connectivity index (χ4n) is 4.73. The van der Waals surface area contributed by atoms with Crippen molar-refractivity contribution in [1.29, 1.82) is 0 Å². The minimum absolute atomic E-state index is 0.377. The highest BCUT2D eigenvalue weighted by Crippen LogP contribution is 2.41. The number of aryl methyl sites for hydroxylation is 4. The summed E-state index contributed by atoms with van der Waals surface area (Å²) in [5.74, 6) is 1.80. The second kappa shape index (κ2) is 6.95. The molecule has 146 valence electrons. The number of tetrazole rings is 1. The van der Waals surface area contributed by atoms with Gasteiger partial charge in [-0.15, -0.1) is 10.2 Å². The fourth-order valence-corrected chi connectivity index (χ4v) is 4.73. The van der Waals surface area contributed by atoms with E-state index >= 15 is 0 Å². The van der Waals surface area contributed by atoms with Gasteiger partial charge in [0.2, 0.25) is 5.82 Å². The summed E-state index contributed by atoms with van der Waals surface area (Å²) in [7, 11) is 0. The van der Waals surface area contributed by atoms with Crippen molar-refractivity contribution in [3.05, 3.63) is 70.8 Å². The van der Waals surface area contributed by atoms with Crippen molar-refractivity contribution >= 4 is 0 Å². The summed E-state index contributed by atoms with van der Waals surface area (Å²) < 4.78 is 2.39. The van der Waals surface area contributed by atoms with E-state index in [1.54, 1.807) is 0 Å². The molecule has 2 heterocycles. The van der Waals surface area contributed by atoms with Gasteiger partial charge in [-0.3, -0.25) is 0 Å². The Kier molecular flexibility index (Phi) is 4.27. The van der Waals surface area contributed by atoms with Gasteiger partial charge in [0.15, 0.2) is 0 Å². The highest BCUT2D eigenvalue weighted by Gasteiger charge is 2.28. The quantitative estimate of drug-likeness (QED) is 0.564. The highest BCUT2D eigenvalue weighted by atomic mass is 15.5. The van der Waals surface area contributed by atoms with E-state index < -0.39 is 0 Å². The largest absolute Gasteiger partial charge is 0.327 e. The monoisotopic (exact) mass is 384 g/mol. The molecule has 0 saturated carbocycles. The third kappa shape index (κ3) is 2.95. The number of rotatable bonds is 4. The van der Waals surface area contributed by atoms with Gasteiger partial charge in [0.25, 0.3) is 0 Å². The number of benzene rings is 2. The third-order valence-corrected chi connectivity index (χ3v) is 5.90. The van der Waals surface area contributed by atoms with Crippen LogP contribution in [0.5, 0.6) is 0 Å². The molecule has 6 heteroatoms. The van der Waals surface area contributed by atoms with Gasteiger partial charge in [0.05, 0.1) is 11.7 Å². The average Bonchev–Trinajstić information content (AvgIpc) is 3.47. The van der Waals surface area contributed by atoms with Crippen LogP contribution in [0.2, 0.25) is 0 Å². The van der Waals surface area contributed by atoms with Crippen LogP contribution in [0.1, 0.15) is 47.6 Å². The molecule has 0 unspecified atom stereocenters. The van der Waals surface area contributed by atoms with Gasteiger partial charge in [0, 0.05) is 18.2 Å². The van der Waals surface area contributed by atoms with Crippen molar-refractivity contribution in [3.8, 4) is 22.5 Å². The van der Waals surface area contributed by atoms with Crippen molar-refractivity contribution in [2.45, 2.75) is 46.1 Å². The number of hydrogen-bond acceptors (Lipinski definition) is 4. The van der Waals surface area contributed by atoms with Gasteiger partial charge in [-0.05, 0) is 59.7 Å². The Morgan fingerprint density at radius 2 is 1.97 bits per heavy atom. The molecule has 1 aliphatic rings. The maximum Gasteiger partial charge on any atom is 0.205 e. The van der Waals surface area contributed by atoms with E-state index in [9.17, 15) is 0 Å². The SMILES string of the molecule is CCc1nc(C)cn1[C@@H]1CCc2cc(-c3ccccc3-c3nn[nH]n3)cc(C)c21. The zero-order valence-corrected chi connectivity index (χ0v) is 17.0. The Bertz CT molecular complexity index is 1170. The van der Waals surface area contributed by atoms with Crippen molar-refractivity contribution in [2.24, 2.45) is 0 Å². The van der Waals surface area contributed by atoms with E-state index in [1.165, 1.54) is 28.1 Å². The predicted molar refractivity (Wildman–Crippen MR) is 113 cm³/mol. The fraction of sp³-hybridized carbons (Fsp3) is 0.304. The third-order valence-electron chi connectivity index (χ3n) is 5.90. The van der Waals surface area contributed by atoms with Gasteiger partial charge in [0.1, 0.15) is 5.82 Å². The average molecular weight is 384 g/mol. The molecule has 5 rings (SSSR count). The number of imidazole rings is 1. The Hall–Kier alpha value is -3.28. The van der Waals surface area contributed by atoms with Crippen LogP contribution in [-0.4, -0.2) is 30.2 Å². The Labute approximate surface area is 170 Å². The van der Waals surface area contributed by atoms with Crippen LogP contribution in [0.25, 0.3) is 22.5 Å². The molecular weight excluding hydrogens is 360 g/mol. The predicted octanol–water partition coefficient (Wildman–Crippen LogP) is 4.45. The smallest absolute Gasteiger partial charge is 0.205 e. The lowest BCUT2D eigenvalue weighted by Crippen LogP contribution is -2.11. The minimum atomic E-state index is 0.377. The molecule has 1 aliphatic carbocycles. The van der Waals surface area contributed by atoms with Crippen LogP contribution in [0.15, 0.2) is 42.6 Å². The van der Waals surface area contributed by atoms with Crippen LogP contribution in [-0.2, 0) is 12.8 Å². The van der Waals surface area contributed by atoms with E-state index in [0.717, 1.165) is 36.1 Å². The maximum atomic E-state index is 4.72. The molecule has 1 atom stereocenters. The molecule has 0 amide bonds. The molecule has 29 heavy (non-hydrogen) atoms. The maximum absolute atomic E-state index is 4.72. The molecular formula is C23H24N6. The van der Waals surface area contributed by atoms with Crippen LogP contribution in [0.4, 0.5) is 0 Å². The molecule has 2 aromatic carbocycles. The number of H-pyrrole nitrogens is 1. The van der Waals surface area contributed by atoms with Gasteiger partial charge >= 0.3 is 0 Å². The zero-order valence-electron chi connectivity index (χ0n) is 17.0. The Morgan fingerprint density at radius 3 is 2.72 bits per heavy atom. The number of hydrogen-bond donors (Lipinski definition) is 1. The first-order valence-electron chi connectivity index (χ1n) is 10.2. The zero-order chi connectivity index (χ0) is 20.0. The van der Waals surface area contributed by atoms with E-state index in [4.69, 9.17) is 4.98 Å². The molecule has 0 aliphatic heterocycles. The summed E-state index contributed by atoms with van der Waals surface area (Å²) in [5.41, 5.74) is 8.65. The molecule has 0 spiro atoms. The summed E-state index contributed by atoms with van der Waals surface area (Å²) >= 11 is 0. The van der Waals surface area contributed by atoms with Crippen molar-refractivity contribution < 1.29 is 0 Å². The molecule has 0 bridgehead atoms. The summed E-state index contributed by atoms with van der Waals surface area (Å²) in [6.07, 6.45) is 5.36. The Balaban J connectivity index is 1.61. The lowest BCUT2D eigenvalue weighted by atomic mass is 9.92. The van der Waals surface area contributed by atoms with Crippen molar-refractivity contribution in [1.82, 2.24) is 30.2 Å². The molecule has 0 radical (unpaired) electrons. The molecule has 6 nitrogen and oxygen atoms in total. The minimum Gasteiger partial charge on any atom is -0.327 e. The summed E-state index contributed by atoms with van der Waals surface area (Å²) in [4.78, 5) is 4.72. The number of aromatic nitrogens is 6. The van der Waals surface area contributed by atoms with E-state index in [2.05, 4.69) is 76.4 Å². The first-order valence-corrected chi connectivity index (χ1v) is 10.2. The standard InChI is InChI=1S/C23H24N6/c1-4-21-24-15(3)13-29(21)20-10-9-16-12-17(11-14(2)22(16)20)18-7-5-6-8-19(18)23-25-27-28-26-23/h5-8,11-13,20H,4,9-10H2,1-3H3,(H,25,26,27,28)/t20-/m1/s1. The van der Waals surface area contributed by atoms with E-state index in [-0.39, 0.29) is 0 Å². The van der Waals surface area contributed by atoms with E-state index in [0.29, 0.717) is 11.9 Å². The van der Waals surface area contributed by atoms with Crippen molar-refractivity contribution in [2.75, 3.05) is 0 Å². The topological polar surface area (TPSA) is 72.3 Å². The summed E-state index contributed by atoms with van der Waals surface area (Å²) in [6, 6.07) is 13.3. The van der Waals surface area contributed by atoms with Gasteiger partial charge in [-0.2, -0.15) is 5.21 Å². The number of nitrogens with one attached hydrogen (secondary N) is 1. The highest BCUT2D eigenvalue weighted by molar-refractivity contribution is 5.81.